The number of nitrogens with one attached hydrogen (secondary N) is 1. The van der Waals surface area contributed by atoms with Gasteiger partial charge in [0, 0.05) is 33.8 Å². The molecule has 0 aliphatic heterocycles. The Labute approximate surface area is 169 Å². The van der Waals surface area contributed by atoms with Crippen LogP contribution in [0, 0.1) is 0 Å². The minimum atomic E-state index is 0.0579. The minimum absolute atomic E-state index is 0.0579. The fraction of sp³-hybridized carbons (Fsp3) is 0.273. The van der Waals surface area contributed by atoms with Gasteiger partial charge in [-0.15, -0.1) is 0 Å². The summed E-state index contributed by atoms with van der Waals surface area (Å²) in [5.41, 5.74) is 1.96. The molecule has 0 amide bonds. The third-order valence-electron chi connectivity index (χ3n) is 4.68. The minimum Gasteiger partial charge on any atom is -0.488 e. The van der Waals surface area contributed by atoms with E-state index in [0.29, 0.717) is 23.2 Å². The number of halogens is 2. The lowest BCUT2D eigenvalue weighted by Crippen LogP contribution is -2.31. The van der Waals surface area contributed by atoms with E-state index in [1.807, 2.05) is 30.3 Å². The second-order valence-corrected chi connectivity index (χ2v) is 7.30. The highest BCUT2D eigenvalue weighted by Gasteiger charge is 2.12. The van der Waals surface area contributed by atoms with Crippen LogP contribution < -0.4 is 10.1 Å². The summed E-state index contributed by atoms with van der Waals surface area (Å²) in [6.45, 7) is 3.14. The van der Waals surface area contributed by atoms with E-state index in [1.54, 1.807) is 6.07 Å². The number of hydrogen-bond acceptors (Lipinski definition) is 3. The summed E-state index contributed by atoms with van der Waals surface area (Å²) in [7, 11) is 0. The van der Waals surface area contributed by atoms with E-state index in [2.05, 4.69) is 30.4 Å². The quantitative estimate of drug-likeness (QED) is 0.515. The molecule has 0 aliphatic carbocycles. The van der Waals surface area contributed by atoms with Crippen LogP contribution in [0.4, 0.5) is 0 Å². The number of hydrogen-bond donors (Lipinski definition) is 2. The van der Waals surface area contributed by atoms with Gasteiger partial charge in [-0.05, 0) is 35.4 Å². The maximum atomic E-state index is 9.47. The first-order valence-corrected chi connectivity index (χ1v) is 9.79. The maximum Gasteiger partial charge on any atom is 0.124 e. The SMILES string of the molecule is CC[C@H](CO)NCc1c(OCc2ccc(Cl)cc2Cl)ccc2ccccc12. The number of benzene rings is 3. The molecule has 27 heavy (non-hydrogen) atoms. The van der Waals surface area contributed by atoms with Crippen LogP contribution in [0.1, 0.15) is 24.5 Å². The summed E-state index contributed by atoms with van der Waals surface area (Å²) in [5.74, 6) is 0.806. The highest BCUT2D eigenvalue weighted by Crippen LogP contribution is 2.30. The zero-order valence-electron chi connectivity index (χ0n) is 15.2. The normalized spacial score (nSPS) is 12.3. The van der Waals surface area contributed by atoms with Gasteiger partial charge in [-0.2, -0.15) is 0 Å². The second-order valence-electron chi connectivity index (χ2n) is 6.46. The fourth-order valence-corrected chi connectivity index (χ4v) is 3.48. The summed E-state index contributed by atoms with van der Waals surface area (Å²) in [6.07, 6.45) is 0.859. The Balaban J connectivity index is 1.87. The number of ether oxygens (including phenoxy) is 1. The van der Waals surface area contributed by atoms with E-state index in [4.69, 9.17) is 27.9 Å². The average molecular weight is 404 g/mol. The van der Waals surface area contributed by atoms with E-state index in [1.165, 1.54) is 0 Å². The van der Waals surface area contributed by atoms with Crippen molar-refractivity contribution in [2.75, 3.05) is 6.61 Å². The van der Waals surface area contributed by atoms with Crippen molar-refractivity contribution in [2.45, 2.75) is 32.5 Å². The van der Waals surface area contributed by atoms with Gasteiger partial charge >= 0.3 is 0 Å². The Hall–Kier alpha value is -1.78. The Bertz CT molecular complexity index is 910. The van der Waals surface area contributed by atoms with Crippen LogP contribution in [-0.2, 0) is 13.2 Å². The predicted molar refractivity (Wildman–Crippen MR) is 113 cm³/mol. The molecule has 0 spiro atoms. The number of aliphatic hydroxyl groups is 1. The number of rotatable bonds is 8. The van der Waals surface area contributed by atoms with Crippen molar-refractivity contribution in [3.8, 4) is 5.75 Å². The maximum absolute atomic E-state index is 9.47. The molecular weight excluding hydrogens is 381 g/mol. The third-order valence-corrected chi connectivity index (χ3v) is 5.26. The molecular formula is C22H23Cl2NO2. The van der Waals surface area contributed by atoms with Crippen molar-refractivity contribution in [3.05, 3.63) is 75.8 Å². The van der Waals surface area contributed by atoms with E-state index in [0.717, 1.165) is 34.1 Å². The van der Waals surface area contributed by atoms with Crippen molar-refractivity contribution in [2.24, 2.45) is 0 Å². The van der Waals surface area contributed by atoms with Gasteiger partial charge in [0.1, 0.15) is 12.4 Å². The molecule has 0 saturated heterocycles. The van der Waals surface area contributed by atoms with Gasteiger partial charge in [0.15, 0.2) is 0 Å². The number of fused-ring (bicyclic) bond motifs is 1. The van der Waals surface area contributed by atoms with Gasteiger partial charge in [-0.3, -0.25) is 0 Å². The van der Waals surface area contributed by atoms with Crippen LogP contribution in [0.25, 0.3) is 10.8 Å². The summed E-state index contributed by atoms with van der Waals surface area (Å²) in [6, 6.07) is 17.7. The molecule has 3 aromatic carbocycles. The molecule has 3 rings (SSSR count). The molecule has 0 radical (unpaired) electrons. The monoisotopic (exact) mass is 403 g/mol. The molecule has 0 saturated carbocycles. The van der Waals surface area contributed by atoms with E-state index < -0.39 is 0 Å². The van der Waals surface area contributed by atoms with Gasteiger partial charge in [0.2, 0.25) is 0 Å². The molecule has 0 aromatic heterocycles. The lowest BCUT2D eigenvalue weighted by Gasteiger charge is -2.18. The third kappa shape index (κ3) is 4.94. The molecule has 0 heterocycles. The van der Waals surface area contributed by atoms with Crippen molar-refractivity contribution < 1.29 is 9.84 Å². The highest BCUT2D eigenvalue weighted by molar-refractivity contribution is 6.35. The van der Waals surface area contributed by atoms with Gasteiger partial charge < -0.3 is 15.2 Å². The van der Waals surface area contributed by atoms with Crippen LogP contribution in [0.15, 0.2) is 54.6 Å². The summed E-state index contributed by atoms with van der Waals surface area (Å²) in [5, 5.41) is 16.4. The standard InChI is InChI=1S/C22H23Cl2NO2/c1-2-18(13-26)25-12-20-19-6-4-3-5-15(19)8-10-22(20)27-14-16-7-9-17(23)11-21(16)24/h3-11,18,25-26H,2,12-14H2,1H3/t18-/m1/s1. The van der Waals surface area contributed by atoms with E-state index in [9.17, 15) is 5.11 Å². The Morgan fingerprint density at radius 1 is 1.07 bits per heavy atom. The molecule has 3 aromatic rings. The molecule has 5 heteroatoms. The first-order valence-electron chi connectivity index (χ1n) is 9.04. The van der Waals surface area contributed by atoms with Crippen LogP contribution in [0.5, 0.6) is 5.75 Å². The zero-order chi connectivity index (χ0) is 19.2. The van der Waals surface area contributed by atoms with Gasteiger partial charge in [-0.25, -0.2) is 0 Å². The zero-order valence-corrected chi connectivity index (χ0v) is 16.7. The van der Waals surface area contributed by atoms with Crippen molar-refractivity contribution in [3.63, 3.8) is 0 Å². The first-order chi connectivity index (χ1) is 13.1. The van der Waals surface area contributed by atoms with Crippen molar-refractivity contribution >= 4 is 34.0 Å². The number of aliphatic hydroxyl groups excluding tert-OH is 1. The summed E-state index contributed by atoms with van der Waals surface area (Å²) in [4.78, 5) is 0. The first kappa shape index (κ1) is 20.0. The van der Waals surface area contributed by atoms with Crippen LogP contribution in [0.2, 0.25) is 10.0 Å². The Morgan fingerprint density at radius 2 is 1.89 bits per heavy atom. The van der Waals surface area contributed by atoms with Crippen LogP contribution >= 0.6 is 23.2 Å². The lowest BCUT2D eigenvalue weighted by atomic mass is 10.0. The largest absolute Gasteiger partial charge is 0.488 e. The lowest BCUT2D eigenvalue weighted by molar-refractivity contribution is 0.237. The predicted octanol–water partition coefficient (Wildman–Crippen LogP) is 5.59. The Morgan fingerprint density at radius 3 is 2.63 bits per heavy atom. The summed E-state index contributed by atoms with van der Waals surface area (Å²) < 4.78 is 6.12. The molecule has 2 N–H and O–H groups in total. The fourth-order valence-electron chi connectivity index (χ4n) is 3.01. The smallest absolute Gasteiger partial charge is 0.124 e. The van der Waals surface area contributed by atoms with E-state index >= 15 is 0 Å². The van der Waals surface area contributed by atoms with Crippen molar-refractivity contribution in [1.29, 1.82) is 0 Å². The molecule has 0 bridgehead atoms. The summed E-state index contributed by atoms with van der Waals surface area (Å²) >= 11 is 12.2. The highest BCUT2D eigenvalue weighted by atomic mass is 35.5. The molecule has 3 nitrogen and oxygen atoms in total. The van der Waals surface area contributed by atoms with E-state index in [-0.39, 0.29) is 12.6 Å². The van der Waals surface area contributed by atoms with Crippen molar-refractivity contribution in [1.82, 2.24) is 5.32 Å². The second kappa shape index (κ2) is 9.43. The van der Waals surface area contributed by atoms with Crippen LogP contribution in [-0.4, -0.2) is 17.8 Å². The molecule has 0 fully saturated rings. The topological polar surface area (TPSA) is 41.5 Å². The van der Waals surface area contributed by atoms with Gasteiger partial charge in [0.05, 0.1) is 6.61 Å². The molecule has 0 aliphatic rings. The molecule has 142 valence electrons. The average Bonchev–Trinajstić information content (AvgIpc) is 2.68. The van der Waals surface area contributed by atoms with Gasteiger partial charge in [-0.1, -0.05) is 66.5 Å². The molecule has 0 unspecified atom stereocenters. The molecule has 1 atom stereocenters. The Kier molecular flexibility index (Phi) is 6.97. The van der Waals surface area contributed by atoms with Gasteiger partial charge in [0.25, 0.3) is 0 Å². The van der Waals surface area contributed by atoms with Crippen LogP contribution in [0.3, 0.4) is 0 Å².